The van der Waals surface area contributed by atoms with Crippen LogP contribution in [0.3, 0.4) is 0 Å². The first-order chi connectivity index (χ1) is 14.0. The monoisotopic (exact) mass is 398 g/mol. The highest BCUT2D eigenvalue weighted by Crippen LogP contribution is 2.16. The largest absolute Gasteiger partial charge is 0.491 e. The van der Waals surface area contributed by atoms with Crippen molar-refractivity contribution in [1.82, 2.24) is 0 Å². The number of benzene rings is 2. The van der Waals surface area contributed by atoms with Gasteiger partial charge in [0.15, 0.2) is 0 Å². The van der Waals surface area contributed by atoms with Crippen LogP contribution in [0.25, 0.3) is 0 Å². The van der Waals surface area contributed by atoms with Crippen molar-refractivity contribution >= 4 is 0 Å². The first-order valence-electron chi connectivity index (χ1n) is 11.1. The Morgan fingerprint density at radius 1 is 0.552 bits per heavy atom. The van der Waals surface area contributed by atoms with E-state index in [2.05, 4.69) is 48.5 Å². The van der Waals surface area contributed by atoms with E-state index in [9.17, 15) is 0 Å². The van der Waals surface area contributed by atoms with Gasteiger partial charge in [-0.2, -0.15) is 0 Å². The van der Waals surface area contributed by atoms with Crippen molar-refractivity contribution in [3.05, 3.63) is 59.7 Å². The number of aryl methyl sites for hydroxylation is 2. The fourth-order valence-corrected chi connectivity index (χ4v) is 3.18. The topological polar surface area (TPSA) is 27.7 Å². The number of hydrogen-bond acceptors (Lipinski definition) is 3. The van der Waals surface area contributed by atoms with Crippen molar-refractivity contribution in [1.29, 1.82) is 0 Å². The molecule has 0 saturated heterocycles. The SMILES string of the molecule is CC(C)Oc1ccc(CCCCOCCCCc2ccc(OC(C)C)cc2)cc1. The molecule has 0 unspecified atom stereocenters. The summed E-state index contributed by atoms with van der Waals surface area (Å²) in [5, 5.41) is 0. The summed E-state index contributed by atoms with van der Waals surface area (Å²) in [6, 6.07) is 16.9. The molecule has 0 N–H and O–H groups in total. The van der Waals surface area contributed by atoms with Gasteiger partial charge in [0.25, 0.3) is 0 Å². The highest BCUT2D eigenvalue weighted by Gasteiger charge is 2.00. The molecule has 0 fully saturated rings. The lowest BCUT2D eigenvalue weighted by atomic mass is 10.1. The van der Waals surface area contributed by atoms with Crippen molar-refractivity contribution < 1.29 is 14.2 Å². The molecule has 3 nitrogen and oxygen atoms in total. The zero-order chi connectivity index (χ0) is 20.9. The Morgan fingerprint density at radius 3 is 1.28 bits per heavy atom. The molecule has 0 aromatic heterocycles. The third kappa shape index (κ3) is 10.4. The molecule has 0 aliphatic heterocycles. The van der Waals surface area contributed by atoms with Gasteiger partial charge in [-0.3, -0.25) is 0 Å². The summed E-state index contributed by atoms with van der Waals surface area (Å²) in [6.45, 7) is 9.91. The molecule has 160 valence electrons. The van der Waals surface area contributed by atoms with Crippen LogP contribution in [-0.2, 0) is 17.6 Å². The molecule has 0 spiro atoms. The highest BCUT2D eigenvalue weighted by atomic mass is 16.5. The van der Waals surface area contributed by atoms with Gasteiger partial charge in [-0.15, -0.1) is 0 Å². The molecule has 0 radical (unpaired) electrons. The van der Waals surface area contributed by atoms with E-state index in [4.69, 9.17) is 14.2 Å². The van der Waals surface area contributed by atoms with Gasteiger partial charge in [0.1, 0.15) is 11.5 Å². The first kappa shape index (κ1) is 23.3. The average molecular weight is 399 g/mol. The summed E-state index contributed by atoms with van der Waals surface area (Å²) in [5.41, 5.74) is 2.73. The lowest BCUT2D eigenvalue weighted by Gasteiger charge is -2.10. The Balaban J connectivity index is 1.47. The molecule has 0 atom stereocenters. The molecule has 29 heavy (non-hydrogen) atoms. The van der Waals surface area contributed by atoms with Crippen LogP contribution in [0.15, 0.2) is 48.5 Å². The fourth-order valence-electron chi connectivity index (χ4n) is 3.18. The summed E-state index contributed by atoms with van der Waals surface area (Å²) in [6.07, 6.45) is 7.20. The summed E-state index contributed by atoms with van der Waals surface area (Å²) in [7, 11) is 0. The van der Waals surface area contributed by atoms with Crippen molar-refractivity contribution in [3.63, 3.8) is 0 Å². The van der Waals surface area contributed by atoms with E-state index in [1.165, 1.54) is 11.1 Å². The predicted octanol–water partition coefficient (Wildman–Crippen LogP) is 6.62. The van der Waals surface area contributed by atoms with Gasteiger partial charge in [-0.05, 0) is 102 Å². The van der Waals surface area contributed by atoms with Gasteiger partial charge in [0, 0.05) is 13.2 Å². The molecule has 2 aromatic rings. The van der Waals surface area contributed by atoms with E-state index in [0.29, 0.717) is 0 Å². The van der Waals surface area contributed by atoms with Crippen LogP contribution in [-0.4, -0.2) is 25.4 Å². The van der Waals surface area contributed by atoms with E-state index in [1.54, 1.807) is 0 Å². The first-order valence-corrected chi connectivity index (χ1v) is 11.1. The minimum absolute atomic E-state index is 0.225. The molecular weight excluding hydrogens is 360 g/mol. The van der Waals surface area contributed by atoms with Crippen LogP contribution < -0.4 is 9.47 Å². The maximum Gasteiger partial charge on any atom is 0.119 e. The van der Waals surface area contributed by atoms with E-state index in [0.717, 1.165) is 63.2 Å². The second kappa shape index (κ2) is 13.3. The van der Waals surface area contributed by atoms with Gasteiger partial charge in [-0.25, -0.2) is 0 Å². The van der Waals surface area contributed by atoms with E-state index >= 15 is 0 Å². The average Bonchev–Trinajstić information content (AvgIpc) is 2.68. The summed E-state index contributed by atoms with van der Waals surface area (Å²) >= 11 is 0. The zero-order valence-corrected chi connectivity index (χ0v) is 18.7. The van der Waals surface area contributed by atoms with E-state index < -0.39 is 0 Å². The molecular formula is C26H38O3. The third-order valence-corrected chi connectivity index (χ3v) is 4.60. The Labute approximate surface area is 177 Å². The minimum atomic E-state index is 0.225. The van der Waals surface area contributed by atoms with Crippen LogP contribution in [0.5, 0.6) is 11.5 Å². The van der Waals surface area contributed by atoms with E-state index in [-0.39, 0.29) is 12.2 Å². The smallest absolute Gasteiger partial charge is 0.119 e. The Morgan fingerprint density at radius 2 is 0.931 bits per heavy atom. The minimum Gasteiger partial charge on any atom is -0.491 e. The van der Waals surface area contributed by atoms with Crippen molar-refractivity contribution in [3.8, 4) is 11.5 Å². The van der Waals surface area contributed by atoms with Crippen LogP contribution in [0, 0.1) is 0 Å². The lowest BCUT2D eigenvalue weighted by molar-refractivity contribution is 0.127. The predicted molar refractivity (Wildman–Crippen MR) is 121 cm³/mol. The molecule has 0 heterocycles. The molecule has 3 heteroatoms. The summed E-state index contributed by atoms with van der Waals surface area (Å²) in [4.78, 5) is 0. The normalized spacial score (nSPS) is 11.2. The van der Waals surface area contributed by atoms with Gasteiger partial charge in [-0.1, -0.05) is 24.3 Å². The molecule has 0 amide bonds. The number of unbranched alkanes of at least 4 members (excludes halogenated alkanes) is 2. The summed E-state index contributed by atoms with van der Waals surface area (Å²) in [5.74, 6) is 1.90. The van der Waals surface area contributed by atoms with Gasteiger partial charge in [0.05, 0.1) is 12.2 Å². The molecule has 0 bridgehead atoms. The van der Waals surface area contributed by atoms with Crippen LogP contribution in [0.2, 0.25) is 0 Å². The fraction of sp³-hybridized carbons (Fsp3) is 0.538. The van der Waals surface area contributed by atoms with Crippen LogP contribution >= 0.6 is 0 Å². The van der Waals surface area contributed by atoms with E-state index in [1.807, 2.05) is 27.7 Å². The van der Waals surface area contributed by atoms with Gasteiger partial charge < -0.3 is 14.2 Å². The third-order valence-electron chi connectivity index (χ3n) is 4.60. The maximum absolute atomic E-state index is 5.80. The second-order valence-corrected chi connectivity index (χ2v) is 8.15. The summed E-state index contributed by atoms with van der Waals surface area (Å²) < 4.78 is 17.2. The highest BCUT2D eigenvalue weighted by molar-refractivity contribution is 5.28. The molecule has 0 saturated carbocycles. The lowest BCUT2D eigenvalue weighted by Crippen LogP contribution is -2.05. The second-order valence-electron chi connectivity index (χ2n) is 8.15. The molecule has 0 aliphatic carbocycles. The molecule has 0 aliphatic rings. The Bertz CT molecular complexity index is 600. The maximum atomic E-state index is 5.80. The molecule has 2 rings (SSSR count). The van der Waals surface area contributed by atoms with Crippen molar-refractivity contribution in [2.45, 2.75) is 78.4 Å². The van der Waals surface area contributed by atoms with Gasteiger partial charge >= 0.3 is 0 Å². The van der Waals surface area contributed by atoms with Crippen molar-refractivity contribution in [2.24, 2.45) is 0 Å². The standard InChI is InChI=1S/C26H38O3/c1-21(2)28-25-15-11-23(12-16-25)9-5-7-19-27-20-8-6-10-24-13-17-26(18-14-24)29-22(3)4/h11-18,21-22H,5-10,19-20H2,1-4H3. The quantitative estimate of drug-likeness (QED) is 0.335. The molecule has 2 aromatic carbocycles. The number of ether oxygens (including phenoxy) is 3. The number of hydrogen-bond donors (Lipinski definition) is 0. The Hall–Kier alpha value is -2.00. The van der Waals surface area contributed by atoms with Crippen LogP contribution in [0.4, 0.5) is 0 Å². The number of rotatable bonds is 14. The van der Waals surface area contributed by atoms with Crippen LogP contribution in [0.1, 0.15) is 64.5 Å². The van der Waals surface area contributed by atoms with Crippen molar-refractivity contribution in [2.75, 3.05) is 13.2 Å². The van der Waals surface area contributed by atoms with Gasteiger partial charge in [0.2, 0.25) is 0 Å². The Kier molecular flexibility index (Phi) is 10.6. The zero-order valence-electron chi connectivity index (χ0n) is 18.7.